The first-order chi connectivity index (χ1) is 12.3. The number of aryl methyl sites for hydroxylation is 1. The van der Waals surface area contributed by atoms with Crippen molar-refractivity contribution >= 4 is 11.3 Å². The Bertz CT molecular complexity index is 874. The molecule has 0 fully saturated rings. The highest BCUT2D eigenvalue weighted by Gasteiger charge is 2.35. The number of rotatable bonds is 4. The number of hydrogen-bond donors (Lipinski definition) is 0. The SMILES string of the molecule is CCN(c1ccc(C#N)c(C(F)(F)F)c1)C1CC=C(c2cncn2C)C1. The number of nitriles is 1. The Balaban J connectivity index is 1.87. The molecule has 26 heavy (non-hydrogen) atoms. The number of benzene rings is 1. The summed E-state index contributed by atoms with van der Waals surface area (Å²) >= 11 is 0. The zero-order valence-corrected chi connectivity index (χ0v) is 14.6. The van der Waals surface area contributed by atoms with E-state index >= 15 is 0 Å². The third-order valence-electron chi connectivity index (χ3n) is 4.78. The predicted molar refractivity (Wildman–Crippen MR) is 93.4 cm³/mol. The van der Waals surface area contributed by atoms with Crippen LogP contribution < -0.4 is 4.90 Å². The van der Waals surface area contributed by atoms with Gasteiger partial charge >= 0.3 is 6.18 Å². The highest BCUT2D eigenvalue weighted by atomic mass is 19.4. The van der Waals surface area contributed by atoms with Crippen molar-refractivity contribution in [2.75, 3.05) is 11.4 Å². The van der Waals surface area contributed by atoms with E-state index in [0.29, 0.717) is 12.2 Å². The predicted octanol–water partition coefficient (Wildman–Crippen LogP) is 4.38. The van der Waals surface area contributed by atoms with Crippen LogP contribution in [0.4, 0.5) is 18.9 Å². The van der Waals surface area contributed by atoms with Gasteiger partial charge in [-0.1, -0.05) is 6.08 Å². The van der Waals surface area contributed by atoms with Crippen LogP contribution >= 0.6 is 0 Å². The molecule has 0 amide bonds. The van der Waals surface area contributed by atoms with Gasteiger partial charge in [-0.05, 0) is 43.5 Å². The van der Waals surface area contributed by atoms with Gasteiger partial charge in [0.25, 0.3) is 0 Å². The average Bonchev–Trinajstić information content (AvgIpc) is 3.23. The highest BCUT2D eigenvalue weighted by Crippen LogP contribution is 2.37. The van der Waals surface area contributed by atoms with E-state index in [0.717, 1.165) is 30.2 Å². The van der Waals surface area contributed by atoms with Crippen molar-refractivity contribution in [2.24, 2.45) is 7.05 Å². The second-order valence-electron chi connectivity index (χ2n) is 6.34. The fraction of sp³-hybridized carbons (Fsp3) is 0.368. The zero-order chi connectivity index (χ0) is 18.9. The van der Waals surface area contributed by atoms with Crippen LogP contribution in [-0.2, 0) is 13.2 Å². The van der Waals surface area contributed by atoms with Gasteiger partial charge in [0.2, 0.25) is 0 Å². The number of nitrogens with zero attached hydrogens (tertiary/aromatic N) is 4. The molecule has 136 valence electrons. The molecule has 1 atom stereocenters. The van der Waals surface area contributed by atoms with Gasteiger partial charge in [-0.25, -0.2) is 4.98 Å². The van der Waals surface area contributed by atoms with Gasteiger partial charge in [-0.15, -0.1) is 0 Å². The Labute approximate surface area is 150 Å². The Morgan fingerprint density at radius 2 is 2.15 bits per heavy atom. The fourth-order valence-electron chi connectivity index (χ4n) is 3.51. The van der Waals surface area contributed by atoms with Crippen molar-refractivity contribution in [3.05, 3.63) is 53.6 Å². The first-order valence-corrected chi connectivity index (χ1v) is 8.38. The molecule has 0 spiro atoms. The van der Waals surface area contributed by atoms with Crippen LogP contribution in [0, 0.1) is 11.3 Å². The summed E-state index contributed by atoms with van der Waals surface area (Å²) < 4.78 is 41.7. The molecular weight excluding hydrogens is 341 g/mol. The average molecular weight is 360 g/mol. The standard InChI is InChI=1S/C19H19F3N4/c1-3-26(15-6-4-13(8-15)18-11-24-12-25(18)2)16-7-5-14(10-23)17(9-16)19(20,21)22/h4-5,7,9,11-12,15H,3,6,8H2,1-2H3. The van der Waals surface area contributed by atoms with E-state index in [1.165, 1.54) is 6.07 Å². The summed E-state index contributed by atoms with van der Waals surface area (Å²) in [4.78, 5) is 6.09. The Kier molecular flexibility index (Phi) is 4.77. The Morgan fingerprint density at radius 1 is 1.38 bits per heavy atom. The Hall–Kier alpha value is -2.75. The highest BCUT2D eigenvalue weighted by molar-refractivity contribution is 5.67. The quantitative estimate of drug-likeness (QED) is 0.813. The van der Waals surface area contributed by atoms with Crippen molar-refractivity contribution in [2.45, 2.75) is 32.0 Å². The molecule has 1 heterocycles. The molecule has 7 heteroatoms. The maximum Gasteiger partial charge on any atom is 0.417 e. The summed E-state index contributed by atoms with van der Waals surface area (Å²) in [7, 11) is 1.92. The largest absolute Gasteiger partial charge is 0.417 e. The molecule has 0 N–H and O–H groups in total. The summed E-state index contributed by atoms with van der Waals surface area (Å²) in [6.45, 7) is 2.51. The molecule has 0 aliphatic heterocycles. The maximum atomic E-state index is 13.3. The van der Waals surface area contributed by atoms with E-state index in [9.17, 15) is 13.2 Å². The van der Waals surface area contributed by atoms with Gasteiger partial charge in [-0.3, -0.25) is 0 Å². The molecule has 1 aromatic heterocycles. The number of hydrogen-bond acceptors (Lipinski definition) is 3. The topological polar surface area (TPSA) is 44.9 Å². The molecule has 4 nitrogen and oxygen atoms in total. The van der Waals surface area contributed by atoms with Gasteiger partial charge in [0.1, 0.15) is 0 Å². The fourth-order valence-corrected chi connectivity index (χ4v) is 3.51. The van der Waals surface area contributed by atoms with Gasteiger partial charge in [0, 0.05) is 25.3 Å². The summed E-state index contributed by atoms with van der Waals surface area (Å²) in [5, 5.41) is 8.97. The first-order valence-electron chi connectivity index (χ1n) is 8.38. The number of halogens is 3. The van der Waals surface area contributed by atoms with Crippen molar-refractivity contribution < 1.29 is 13.2 Å². The zero-order valence-electron chi connectivity index (χ0n) is 14.6. The lowest BCUT2D eigenvalue weighted by molar-refractivity contribution is -0.137. The monoisotopic (exact) mass is 360 g/mol. The molecular formula is C19H19F3N4. The lowest BCUT2D eigenvalue weighted by Gasteiger charge is -2.31. The molecule has 1 aromatic carbocycles. The van der Waals surface area contributed by atoms with Crippen LogP contribution in [0.3, 0.4) is 0 Å². The summed E-state index contributed by atoms with van der Waals surface area (Å²) in [5.41, 5.74) is 1.44. The number of aromatic nitrogens is 2. The lowest BCUT2D eigenvalue weighted by Crippen LogP contribution is -2.33. The summed E-state index contributed by atoms with van der Waals surface area (Å²) in [6, 6.07) is 5.65. The lowest BCUT2D eigenvalue weighted by atomic mass is 10.0. The second kappa shape index (κ2) is 6.87. The van der Waals surface area contributed by atoms with E-state index in [-0.39, 0.29) is 11.6 Å². The minimum absolute atomic E-state index is 0.0823. The Morgan fingerprint density at radius 3 is 2.73 bits per heavy atom. The van der Waals surface area contributed by atoms with Gasteiger partial charge in [0.15, 0.2) is 0 Å². The number of alkyl halides is 3. The second-order valence-corrected chi connectivity index (χ2v) is 6.34. The normalized spacial score (nSPS) is 17.1. The molecule has 0 saturated heterocycles. The van der Waals surface area contributed by atoms with E-state index in [4.69, 9.17) is 5.26 Å². The van der Waals surface area contributed by atoms with E-state index in [1.807, 2.05) is 23.4 Å². The maximum absolute atomic E-state index is 13.3. The molecule has 1 unspecified atom stereocenters. The molecule has 0 saturated carbocycles. The van der Waals surface area contributed by atoms with E-state index in [2.05, 4.69) is 11.1 Å². The summed E-state index contributed by atoms with van der Waals surface area (Å²) in [6.07, 6.45) is 2.61. The minimum atomic E-state index is -4.55. The first kappa shape index (κ1) is 18.1. The van der Waals surface area contributed by atoms with Crippen molar-refractivity contribution in [3.63, 3.8) is 0 Å². The van der Waals surface area contributed by atoms with Crippen molar-refractivity contribution in [1.82, 2.24) is 9.55 Å². The van der Waals surface area contributed by atoms with Crippen LogP contribution in [0.2, 0.25) is 0 Å². The van der Waals surface area contributed by atoms with Gasteiger partial charge < -0.3 is 9.47 Å². The van der Waals surface area contributed by atoms with Crippen molar-refractivity contribution in [3.8, 4) is 6.07 Å². The molecule has 0 radical (unpaired) electrons. The van der Waals surface area contributed by atoms with Gasteiger partial charge in [0.05, 0.1) is 35.4 Å². The third-order valence-corrected chi connectivity index (χ3v) is 4.78. The van der Waals surface area contributed by atoms with Gasteiger partial charge in [-0.2, -0.15) is 18.4 Å². The molecule has 3 rings (SSSR count). The van der Waals surface area contributed by atoms with Crippen LogP contribution in [-0.4, -0.2) is 22.1 Å². The number of imidazole rings is 1. The molecule has 0 bridgehead atoms. The molecule has 1 aliphatic rings. The third kappa shape index (κ3) is 3.32. The van der Waals surface area contributed by atoms with Crippen LogP contribution in [0.25, 0.3) is 5.57 Å². The van der Waals surface area contributed by atoms with Crippen LogP contribution in [0.15, 0.2) is 36.8 Å². The molecule has 2 aromatic rings. The van der Waals surface area contributed by atoms with Crippen LogP contribution in [0.5, 0.6) is 0 Å². The smallest absolute Gasteiger partial charge is 0.368 e. The summed E-state index contributed by atoms with van der Waals surface area (Å²) in [5.74, 6) is 0. The number of anilines is 1. The van der Waals surface area contributed by atoms with Crippen molar-refractivity contribution in [1.29, 1.82) is 5.26 Å². The minimum Gasteiger partial charge on any atom is -0.368 e. The van der Waals surface area contributed by atoms with E-state index in [1.54, 1.807) is 24.7 Å². The molecule has 1 aliphatic carbocycles. The van der Waals surface area contributed by atoms with E-state index < -0.39 is 11.7 Å². The van der Waals surface area contributed by atoms with Crippen LogP contribution in [0.1, 0.15) is 36.6 Å².